The van der Waals surface area contributed by atoms with Gasteiger partial charge in [-0.25, -0.2) is 4.79 Å². The van der Waals surface area contributed by atoms with E-state index in [1.807, 2.05) is 6.07 Å². The highest BCUT2D eigenvalue weighted by Crippen LogP contribution is 2.40. The van der Waals surface area contributed by atoms with Crippen LogP contribution in [0.1, 0.15) is 86.4 Å². The number of amides is 5. The number of phenols is 2. The van der Waals surface area contributed by atoms with Crippen molar-refractivity contribution in [2.75, 3.05) is 35.5 Å². The molecule has 1 atom stereocenters. The molecule has 0 radical (unpaired) electrons. The second-order valence-corrected chi connectivity index (χ2v) is 13.6. The molecular formula is C42H42N6O11. The predicted molar refractivity (Wildman–Crippen MR) is 215 cm³/mol. The number of carboxylic acids is 1. The van der Waals surface area contributed by atoms with E-state index in [0.29, 0.717) is 11.4 Å². The lowest BCUT2D eigenvalue weighted by atomic mass is 9.88. The number of anilines is 4. The molecule has 5 amide bonds. The van der Waals surface area contributed by atoms with Crippen LogP contribution in [0.5, 0.6) is 23.0 Å². The predicted octanol–water partition coefficient (Wildman–Crippen LogP) is 5.88. The maximum atomic E-state index is 13.1. The summed E-state index contributed by atoms with van der Waals surface area (Å²) < 4.78 is 10.3. The first-order valence-corrected chi connectivity index (χ1v) is 18.5. The van der Waals surface area contributed by atoms with Crippen LogP contribution >= 0.6 is 0 Å². The topological polar surface area (TPSA) is 266 Å². The van der Waals surface area contributed by atoms with Gasteiger partial charge in [-0.05, 0) is 85.6 Å². The van der Waals surface area contributed by atoms with Crippen molar-refractivity contribution in [1.29, 1.82) is 5.26 Å². The molecule has 8 N–H and O–H groups in total. The molecule has 17 nitrogen and oxygen atoms in total. The van der Waals surface area contributed by atoms with Gasteiger partial charge in [0.25, 0.3) is 17.7 Å². The smallest absolute Gasteiger partial charge is 0.339 e. The summed E-state index contributed by atoms with van der Waals surface area (Å²) in [6.07, 6.45) is 4.56. The second-order valence-electron chi connectivity index (χ2n) is 13.6. The van der Waals surface area contributed by atoms with E-state index in [4.69, 9.17) is 9.47 Å². The summed E-state index contributed by atoms with van der Waals surface area (Å²) in [6.45, 7) is 0. The molecule has 0 saturated heterocycles. The van der Waals surface area contributed by atoms with Gasteiger partial charge in [0.05, 0.1) is 49.7 Å². The Morgan fingerprint density at radius 2 is 1.19 bits per heavy atom. The number of methoxy groups -OCH3 is 2. The zero-order chi connectivity index (χ0) is 42.6. The lowest BCUT2D eigenvalue weighted by Crippen LogP contribution is -2.37. The minimum absolute atomic E-state index is 0.00733. The maximum Gasteiger partial charge on any atom is 0.339 e. The molecule has 1 unspecified atom stereocenters. The Morgan fingerprint density at radius 3 is 1.73 bits per heavy atom. The molecule has 4 aromatic rings. The SMILES string of the molecule is COc1c(NC(=O)c2ccc(NC(=O)c3ccc(NC(=O)CC(CC#N)NC(=O)c4ccc(NC(=O)C5CCCCC5)cc4)cc3)c(OC)c2O)ccc(C(=O)O)c1O. The average Bonchev–Trinajstić information content (AvgIpc) is 3.21. The molecule has 0 bridgehead atoms. The van der Waals surface area contributed by atoms with Crippen LogP contribution in [0, 0.1) is 17.2 Å². The molecule has 59 heavy (non-hydrogen) atoms. The van der Waals surface area contributed by atoms with Crippen molar-refractivity contribution in [2.24, 2.45) is 5.92 Å². The van der Waals surface area contributed by atoms with Crippen molar-refractivity contribution in [3.63, 3.8) is 0 Å². The molecule has 0 heterocycles. The number of hydrogen-bond acceptors (Lipinski definition) is 11. The Morgan fingerprint density at radius 1 is 0.678 bits per heavy atom. The normalized spacial score (nSPS) is 12.8. The number of rotatable bonds is 15. The Hall–Kier alpha value is -7.61. The molecule has 17 heteroatoms. The first kappa shape index (κ1) is 42.5. The van der Waals surface area contributed by atoms with E-state index in [0.717, 1.165) is 38.2 Å². The summed E-state index contributed by atoms with van der Waals surface area (Å²) in [5.74, 6) is -5.88. The maximum absolute atomic E-state index is 13.1. The van der Waals surface area contributed by atoms with Gasteiger partial charge in [-0.1, -0.05) is 19.3 Å². The van der Waals surface area contributed by atoms with Gasteiger partial charge >= 0.3 is 5.97 Å². The summed E-state index contributed by atoms with van der Waals surface area (Å²) in [6, 6.07) is 18.1. The van der Waals surface area contributed by atoms with Crippen molar-refractivity contribution >= 4 is 58.3 Å². The Labute approximate surface area is 338 Å². The molecule has 0 aromatic heterocycles. The van der Waals surface area contributed by atoms with Crippen molar-refractivity contribution in [1.82, 2.24) is 5.32 Å². The van der Waals surface area contributed by atoms with Crippen LogP contribution in [0.4, 0.5) is 22.7 Å². The molecule has 1 saturated carbocycles. The number of benzene rings is 4. The van der Waals surface area contributed by atoms with Crippen molar-refractivity contribution < 1.29 is 53.6 Å². The fraction of sp³-hybridized carbons (Fsp3) is 0.262. The number of carboxylic acid groups (broad SMARTS) is 1. The van der Waals surface area contributed by atoms with E-state index in [2.05, 4.69) is 26.6 Å². The Bertz CT molecular complexity index is 2280. The number of hydrogen-bond donors (Lipinski definition) is 8. The Balaban J connectivity index is 1.16. The summed E-state index contributed by atoms with van der Waals surface area (Å²) in [4.78, 5) is 76.1. The third kappa shape index (κ3) is 10.6. The van der Waals surface area contributed by atoms with Gasteiger partial charge in [-0.15, -0.1) is 0 Å². The van der Waals surface area contributed by atoms with Gasteiger partial charge in [-0.3, -0.25) is 24.0 Å². The van der Waals surface area contributed by atoms with Crippen LogP contribution in [0.2, 0.25) is 0 Å². The summed E-state index contributed by atoms with van der Waals surface area (Å²) >= 11 is 0. The van der Waals surface area contributed by atoms with Crippen molar-refractivity contribution in [3.05, 3.63) is 95.1 Å². The number of aromatic hydroxyl groups is 2. The summed E-state index contributed by atoms with van der Waals surface area (Å²) in [5, 5.41) is 53.1. The van der Waals surface area contributed by atoms with E-state index in [-0.39, 0.29) is 64.2 Å². The largest absolute Gasteiger partial charge is 0.504 e. The highest BCUT2D eigenvalue weighted by atomic mass is 16.5. The van der Waals surface area contributed by atoms with Crippen molar-refractivity contribution in [3.8, 4) is 29.1 Å². The standard InChI is InChI=1S/C42H42N6O11/c1-58-36-31(18-16-29(34(36)50)41(55)48-32-19-17-30(42(56)57)35(51)37(32)59-2)47-40(54)25-8-12-26(13-9-25)44-33(49)22-28(20-21-43)46-39(53)24-10-14-27(15-11-24)45-38(52)23-6-4-3-5-7-23/h8-19,23,28,50-51H,3-7,20,22H2,1-2H3,(H,44,49)(H,45,52)(H,46,53)(H,47,54)(H,48,55)(H,56,57). The monoisotopic (exact) mass is 806 g/mol. The molecule has 1 aliphatic rings. The van der Waals surface area contributed by atoms with E-state index in [1.165, 1.54) is 56.7 Å². The highest BCUT2D eigenvalue weighted by Gasteiger charge is 2.25. The summed E-state index contributed by atoms with van der Waals surface area (Å²) in [7, 11) is 2.37. The molecule has 5 rings (SSSR count). The minimum atomic E-state index is -1.42. The van der Waals surface area contributed by atoms with E-state index in [1.54, 1.807) is 24.3 Å². The molecule has 306 valence electrons. The van der Waals surface area contributed by atoms with Gasteiger partial charge < -0.3 is 51.4 Å². The van der Waals surface area contributed by atoms with Crippen LogP contribution in [0.25, 0.3) is 0 Å². The summed E-state index contributed by atoms with van der Waals surface area (Å²) in [5.41, 5.74) is 0.517. The van der Waals surface area contributed by atoms with E-state index < -0.39 is 52.7 Å². The van der Waals surface area contributed by atoms with Crippen LogP contribution in [-0.2, 0) is 9.59 Å². The number of ether oxygens (including phenoxy) is 2. The number of nitrogens with one attached hydrogen (secondary N) is 5. The minimum Gasteiger partial charge on any atom is -0.504 e. The van der Waals surface area contributed by atoms with Gasteiger partial charge in [0.2, 0.25) is 11.8 Å². The lowest BCUT2D eigenvalue weighted by Gasteiger charge is -2.20. The van der Waals surface area contributed by atoms with Crippen molar-refractivity contribution in [2.45, 2.75) is 51.0 Å². The number of aromatic carboxylic acids is 1. The van der Waals surface area contributed by atoms with Crippen LogP contribution < -0.4 is 36.1 Å². The van der Waals surface area contributed by atoms with Crippen LogP contribution in [0.3, 0.4) is 0 Å². The fourth-order valence-electron chi connectivity index (χ4n) is 6.50. The molecule has 1 aliphatic carbocycles. The molecule has 0 aliphatic heterocycles. The molecule has 1 fully saturated rings. The number of carbonyl (C=O) groups excluding carboxylic acids is 5. The first-order chi connectivity index (χ1) is 28.3. The third-order valence-corrected chi connectivity index (χ3v) is 9.57. The van der Waals surface area contributed by atoms with Gasteiger partial charge in [0.1, 0.15) is 5.56 Å². The van der Waals surface area contributed by atoms with Gasteiger partial charge in [0.15, 0.2) is 23.0 Å². The lowest BCUT2D eigenvalue weighted by molar-refractivity contribution is -0.120. The Kier molecular flexibility index (Phi) is 14.1. The quantitative estimate of drug-likeness (QED) is 0.0700. The number of nitrogens with zero attached hydrogens (tertiary/aromatic N) is 1. The first-order valence-electron chi connectivity index (χ1n) is 18.5. The molecule has 0 spiro atoms. The number of carbonyl (C=O) groups is 6. The van der Waals surface area contributed by atoms with E-state index in [9.17, 15) is 49.3 Å². The van der Waals surface area contributed by atoms with Crippen LogP contribution in [-0.4, -0.2) is 71.1 Å². The highest BCUT2D eigenvalue weighted by molar-refractivity contribution is 6.10. The molecular weight excluding hydrogens is 764 g/mol. The fourth-order valence-corrected chi connectivity index (χ4v) is 6.50. The molecule has 4 aromatic carbocycles. The number of phenolic OH excluding ortho intramolecular Hbond substituents is 1. The average molecular weight is 807 g/mol. The van der Waals surface area contributed by atoms with Crippen LogP contribution in [0.15, 0.2) is 72.8 Å². The van der Waals surface area contributed by atoms with Gasteiger partial charge in [-0.2, -0.15) is 5.26 Å². The second kappa shape index (κ2) is 19.5. The van der Waals surface area contributed by atoms with Gasteiger partial charge in [0, 0.05) is 34.8 Å². The third-order valence-electron chi connectivity index (χ3n) is 9.57. The van der Waals surface area contributed by atoms with E-state index >= 15 is 0 Å². The number of nitriles is 1. The zero-order valence-electron chi connectivity index (χ0n) is 32.1. The zero-order valence-corrected chi connectivity index (χ0v) is 32.1.